The summed E-state index contributed by atoms with van der Waals surface area (Å²) in [6.07, 6.45) is 2.83. The second-order valence-corrected chi connectivity index (χ2v) is 5.42. The Morgan fingerprint density at radius 2 is 2.04 bits per heavy atom. The molecular weight excluding hydrogens is 294 g/mol. The van der Waals surface area contributed by atoms with Gasteiger partial charge in [-0.05, 0) is 18.4 Å². The highest BCUT2D eigenvalue weighted by molar-refractivity contribution is 5.67. The lowest BCUT2D eigenvalue weighted by Crippen LogP contribution is -2.39. The van der Waals surface area contributed by atoms with Crippen LogP contribution in [0.1, 0.15) is 30.3 Å². The van der Waals surface area contributed by atoms with Crippen molar-refractivity contribution in [3.8, 4) is 6.07 Å². The lowest BCUT2D eigenvalue weighted by Gasteiger charge is -2.31. The number of nitriles is 1. The fourth-order valence-electron chi connectivity index (χ4n) is 2.63. The summed E-state index contributed by atoms with van der Waals surface area (Å²) in [6.45, 7) is 1.51. The number of nitrogens with zero attached hydrogens (tertiary/aromatic N) is 5. The predicted molar refractivity (Wildman–Crippen MR) is 81.2 cm³/mol. The van der Waals surface area contributed by atoms with Crippen LogP contribution in [0.2, 0.25) is 0 Å². The van der Waals surface area contributed by atoms with Crippen LogP contribution >= 0.6 is 0 Å². The lowest BCUT2D eigenvalue weighted by atomic mass is 10.1. The van der Waals surface area contributed by atoms with Gasteiger partial charge in [-0.15, -0.1) is 5.10 Å². The molecule has 0 bridgehead atoms. The summed E-state index contributed by atoms with van der Waals surface area (Å²) >= 11 is 0. The van der Waals surface area contributed by atoms with Crippen LogP contribution in [0.15, 0.2) is 36.7 Å². The third-order valence-corrected chi connectivity index (χ3v) is 3.91. The van der Waals surface area contributed by atoms with Gasteiger partial charge in [-0.2, -0.15) is 5.26 Å². The molecule has 1 aliphatic heterocycles. The Hall–Kier alpha value is -2.88. The molecule has 0 unspecified atom stereocenters. The van der Waals surface area contributed by atoms with Crippen molar-refractivity contribution in [2.75, 3.05) is 13.1 Å². The van der Waals surface area contributed by atoms with E-state index < -0.39 is 0 Å². The third kappa shape index (κ3) is 3.66. The molecule has 1 amide bonds. The van der Waals surface area contributed by atoms with Crippen molar-refractivity contribution < 1.29 is 9.53 Å². The minimum absolute atomic E-state index is 0.169. The van der Waals surface area contributed by atoms with E-state index in [1.54, 1.807) is 15.9 Å². The Morgan fingerprint density at radius 1 is 1.30 bits per heavy atom. The fraction of sp³-hybridized carbons (Fsp3) is 0.375. The molecule has 0 aliphatic carbocycles. The SMILES string of the molecule is N#Cc1ncn(C2CCN(C(=O)OCc3ccccc3)CC2)n1. The van der Waals surface area contributed by atoms with E-state index in [2.05, 4.69) is 10.1 Å². The summed E-state index contributed by atoms with van der Waals surface area (Å²) < 4.78 is 7.05. The summed E-state index contributed by atoms with van der Waals surface area (Å²) in [7, 11) is 0. The lowest BCUT2D eigenvalue weighted by molar-refractivity contribution is 0.0821. The van der Waals surface area contributed by atoms with Crippen molar-refractivity contribution in [1.82, 2.24) is 19.7 Å². The Morgan fingerprint density at radius 3 is 2.70 bits per heavy atom. The van der Waals surface area contributed by atoms with Gasteiger partial charge in [0, 0.05) is 13.1 Å². The van der Waals surface area contributed by atoms with E-state index in [9.17, 15) is 4.79 Å². The third-order valence-electron chi connectivity index (χ3n) is 3.91. The molecule has 3 rings (SSSR count). The number of benzene rings is 1. The van der Waals surface area contributed by atoms with E-state index >= 15 is 0 Å². The van der Waals surface area contributed by atoms with Crippen LogP contribution in [-0.2, 0) is 11.3 Å². The smallest absolute Gasteiger partial charge is 0.410 e. The first kappa shape index (κ1) is 15.0. The molecule has 0 saturated carbocycles. The number of carbonyl (C=O) groups excluding carboxylic acids is 1. The second kappa shape index (κ2) is 6.92. The molecule has 1 saturated heterocycles. The normalized spacial score (nSPS) is 15.2. The number of piperidine rings is 1. The van der Waals surface area contributed by atoms with E-state index in [1.807, 2.05) is 36.4 Å². The molecule has 1 fully saturated rings. The number of hydrogen-bond acceptors (Lipinski definition) is 5. The van der Waals surface area contributed by atoms with Gasteiger partial charge < -0.3 is 9.64 Å². The highest BCUT2D eigenvalue weighted by Gasteiger charge is 2.25. The zero-order chi connectivity index (χ0) is 16.1. The summed E-state index contributed by atoms with van der Waals surface area (Å²) in [5, 5.41) is 12.9. The quantitative estimate of drug-likeness (QED) is 0.867. The molecule has 1 aliphatic rings. The van der Waals surface area contributed by atoms with E-state index in [4.69, 9.17) is 10.00 Å². The molecule has 118 valence electrons. The van der Waals surface area contributed by atoms with Gasteiger partial charge >= 0.3 is 6.09 Å². The first-order valence-electron chi connectivity index (χ1n) is 7.53. The monoisotopic (exact) mass is 311 g/mol. The molecule has 1 aromatic carbocycles. The molecule has 23 heavy (non-hydrogen) atoms. The highest BCUT2D eigenvalue weighted by atomic mass is 16.6. The minimum Gasteiger partial charge on any atom is -0.445 e. The van der Waals surface area contributed by atoms with Crippen molar-refractivity contribution >= 4 is 6.09 Å². The van der Waals surface area contributed by atoms with Gasteiger partial charge in [-0.3, -0.25) is 0 Å². The van der Waals surface area contributed by atoms with Gasteiger partial charge in [0.05, 0.1) is 6.04 Å². The van der Waals surface area contributed by atoms with Crippen LogP contribution in [0.25, 0.3) is 0 Å². The second-order valence-electron chi connectivity index (χ2n) is 5.42. The molecule has 1 aromatic heterocycles. The Balaban J connectivity index is 1.48. The Kier molecular flexibility index (Phi) is 4.52. The average molecular weight is 311 g/mol. The van der Waals surface area contributed by atoms with Gasteiger partial charge in [-0.25, -0.2) is 14.5 Å². The van der Waals surface area contributed by atoms with Crippen LogP contribution in [0, 0.1) is 11.3 Å². The standard InChI is InChI=1S/C16H17N5O2/c17-10-15-18-12-21(19-15)14-6-8-20(9-7-14)16(22)23-11-13-4-2-1-3-5-13/h1-5,12,14H,6-9,11H2. The average Bonchev–Trinajstić information content (AvgIpc) is 3.10. The maximum Gasteiger partial charge on any atom is 0.410 e. The number of hydrogen-bond donors (Lipinski definition) is 0. The number of rotatable bonds is 3. The maximum absolute atomic E-state index is 12.1. The van der Waals surface area contributed by atoms with Crippen LogP contribution in [0.4, 0.5) is 4.79 Å². The van der Waals surface area contributed by atoms with Crippen LogP contribution in [0.3, 0.4) is 0 Å². The Bertz CT molecular complexity index is 699. The summed E-state index contributed by atoms with van der Waals surface area (Å²) in [6, 6.07) is 11.7. The fourth-order valence-corrected chi connectivity index (χ4v) is 2.63. The zero-order valence-corrected chi connectivity index (χ0v) is 12.6. The predicted octanol–water partition coefficient (Wildman–Crippen LogP) is 2.12. The number of aromatic nitrogens is 3. The molecule has 2 aromatic rings. The molecule has 0 radical (unpaired) electrons. The summed E-state index contributed by atoms with van der Waals surface area (Å²) in [4.78, 5) is 17.7. The molecule has 7 nitrogen and oxygen atoms in total. The van der Waals surface area contributed by atoms with Crippen molar-refractivity contribution in [1.29, 1.82) is 5.26 Å². The number of amides is 1. The summed E-state index contributed by atoms with van der Waals surface area (Å²) in [5.41, 5.74) is 0.974. The molecule has 0 spiro atoms. The molecule has 0 N–H and O–H groups in total. The van der Waals surface area contributed by atoms with Gasteiger partial charge in [0.2, 0.25) is 0 Å². The van der Waals surface area contributed by atoms with Crippen LogP contribution < -0.4 is 0 Å². The first-order chi connectivity index (χ1) is 11.3. The largest absolute Gasteiger partial charge is 0.445 e. The molecular formula is C16H17N5O2. The first-order valence-corrected chi connectivity index (χ1v) is 7.53. The van der Waals surface area contributed by atoms with Crippen LogP contribution in [0.5, 0.6) is 0 Å². The van der Waals surface area contributed by atoms with E-state index in [1.165, 1.54) is 0 Å². The number of likely N-dealkylation sites (tertiary alicyclic amines) is 1. The highest BCUT2D eigenvalue weighted by Crippen LogP contribution is 2.22. The van der Waals surface area contributed by atoms with Crippen LogP contribution in [-0.4, -0.2) is 38.8 Å². The zero-order valence-electron chi connectivity index (χ0n) is 12.6. The van der Waals surface area contributed by atoms with E-state index in [-0.39, 0.29) is 24.6 Å². The summed E-state index contributed by atoms with van der Waals surface area (Å²) in [5.74, 6) is 0.176. The van der Waals surface area contributed by atoms with Crippen molar-refractivity contribution in [3.05, 3.63) is 48.0 Å². The van der Waals surface area contributed by atoms with Crippen molar-refractivity contribution in [2.45, 2.75) is 25.5 Å². The van der Waals surface area contributed by atoms with E-state index in [0.717, 1.165) is 18.4 Å². The molecule has 2 heterocycles. The van der Waals surface area contributed by atoms with Crippen molar-refractivity contribution in [2.24, 2.45) is 0 Å². The van der Waals surface area contributed by atoms with E-state index in [0.29, 0.717) is 13.1 Å². The minimum atomic E-state index is -0.288. The topological polar surface area (TPSA) is 84.0 Å². The van der Waals surface area contributed by atoms with Gasteiger partial charge in [-0.1, -0.05) is 30.3 Å². The number of carbonyl (C=O) groups is 1. The maximum atomic E-state index is 12.1. The van der Waals surface area contributed by atoms with Gasteiger partial charge in [0.15, 0.2) is 0 Å². The number of ether oxygens (including phenoxy) is 1. The van der Waals surface area contributed by atoms with Gasteiger partial charge in [0.25, 0.3) is 5.82 Å². The molecule has 7 heteroatoms. The van der Waals surface area contributed by atoms with Gasteiger partial charge in [0.1, 0.15) is 19.0 Å². The van der Waals surface area contributed by atoms with Crippen molar-refractivity contribution in [3.63, 3.8) is 0 Å². The Labute approximate surface area is 134 Å². The molecule has 0 atom stereocenters.